The Bertz CT molecular complexity index is 494. The number of allylic oxidation sites excluding steroid dienone is 1. The molecular weight excluding hydrogens is 324 g/mol. The third-order valence-corrected chi connectivity index (χ3v) is 10.2. The molecule has 1 aliphatic carbocycles. The Morgan fingerprint density at radius 1 is 1.42 bits per heavy atom. The first kappa shape index (κ1) is 19.5. The van der Waals surface area contributed by atoms with Gasteiger partial charge < -0.3 is 19.0 Å². The predicted molar refractivity (Wildman–Crippen MR) is 95.0 cm³/mol. The summed E-state index contributed by atoms with van der Waals surface area (Å²) in [5.41, 5.74) is 0. The van der Waals surface area contributed by atoms with Gasteiger partial charge in [-0.25, -0.2) is 4.79 Å². The smallest absolute Gasteiger partial charge is 0.334 e. The molecule has 2 rings (SSSR count). The zero-order chi connectivity index (χ0) is 18.1. The zero-order valence-electron chi connectivity index (χ0n) is 15.8. The molecule has 0 unspecified atom stereocenters. The van der Waals surface area contributed by atoms with E-state index in [1.54, 1.807) is 6.92 Å². The monoisotopic (exact) mass is 356 g/mol. The lowest BCUT2D eigenvalue weighted by molar-refractivity contribution is -0.137. The van der Waals surface area contributed by atoms with Gasteiger partial charge in [-0.15, -0.1) is 0 Å². The lowest BCUT2D eigenvalue weighted by Crippen LogP contribution is -2.43. The van der Waals surface area contributed by atoms with Crippen LogP contribution in [0.3, 0.4) is 0 Å². The van der Waals surface area contributed by atoms with Gasteiger partial charge in [-0.05, 0) is 25.1 Å². The lowest BCUT2D eigenvalue weighted by atomic mass is 9.92. The van der Waals surface area contributed by atoms with Gasteiger partial charge in [-0.1, -0.05) is 20.8 Å². The molecule has 1 saturated carbocycles. The fraction of sp³-hybridized carbons (Fsp3) is 0.833. The van der Waals surface area contributed by atoms with E-state index in [2.05, 4.69) is 33.9 Å². The number of ether oxygens (including phenoxy) is 2. The Hall–Kier alpha value is -0.853. The summed E-state index contributed by atoms with van der Waals surface area (Å²) in [6.45, 7) is 13.8. The van der Waals surface area contributed by atoms with Crippen molar-refractivity contribution in [3.05, 3.63) is 11.8 Å². The summed E-state index contributed by atoms with van der Waals surface area (Å²) in [5, 5.41) is 10.5. The molecule has 0 aromatic carbocycles. The van der Waals surface area contributed by atoms with Gasteiger partial charge >= 0.3 is 5.97 Å². The van der Waals surface area contributed by atoms with E-state index < -0.39 is 14.4 Å². The number of carbonyl (C=O) groups excluding carboxylic acids is 1. The minimum atomic E-state index is -1.84. The quantitative estimate of drug-likeness (QED) is 0.465. The Morgan fingerprint density at radius 3 is 2.67 bits per heavy atom. The van der Waals surface area contributed by atoms with E-state index in [9.17, 15) is 9.90 Å². The van der Waals surface area contributed by atoms with Crippen molar-refractivity contribution in [2.45, 2.75) is 70.9 Å². The number of rotatable bonds is 5. The second-order valence-electron chi connectivity index (χ2n) is 8.43. The number of aliphatic hydroxyl groups is 1. The van der Waals surface area contributed by atoms with Crippen LogP contribution in [0.25, 0.3) is 0 Å². The summed E-state index contributed by atoms with van der Waals surface area (Å²) in [5.74, 6) is 0.595. The average molecular weight is 357 g/mol. The minimum absolute atomic E-state index is 0.0197. The maximum absolute atomic E-state index is 11.6. The highest BCUT2D eigenvalue weighted by atomic mass is 28.4. The van der Waals surface area contributed by atoms with Crippen LogP contribution in [0.1, 0.15) is 40.5 Å². The van der Waals surface area contributed by atoms with E-state index in [-0.39, 0.29) is 28.9 Å². The molecule has 4 atom stereocenters. The molecule has 0 amide bonds. The summed E-state index contributed by atoms with van der Waals surface area (Å²) >= 11 is 0. The van der Waals surface area contributed by atoms with Crippen LogP contribution in [0, 0.1) is 11.8 Å². The molecular formula is C18H32O5Si. The second-order valence-corrected chi connectivity index (χ2v) is 13.2. The van der Waals surface area contributed by atoms with Crippen molar-refractivity contribution in [3.8, 4) is 0 Å². The van der Waals surface area contributed by atoms with Crippen LogP contribution >= 0.6 is 0 Å². The highest BCUT2D eigenvalue weighted by Gasteiger charge is 2.49. The largest absolute Gasteiger partial charge is 0.494 e. The molecule has 1 N–H and O–H groups in total. The molecule has 5 nitrogen and oxygen atoms in total. The molecule has 0 radical (unpaired) electrons. The number of aliphatic hydroxyl groups excluding tert-OH is 1. The van der Waals surface area contributed by atoms with Gasteiger partial charge in [-0.3, -0.25) is 0 Å². The van der Waals surface area contributed by atoms with Crippen LogP contribution in [0.2, 0.25) is 18.1 Å². The van der Waals surface area contributed by atoms with E-state index >= 15 is 0 Å². The fourth-order valence-corrected chi connectivity index (χ4v) is 4.25. The van der Waals surface area contributed by atoms with Crippen molar-refractivity contribution in [1.82, 2.24) is 0 Å². The highest BCUT2D eigenvalue weighted by molar-refractivity contribution is 6.74. The molecule has 1 saturated heterocycles. The van der Waals surface area contributed by atoms with Crippen molar-refractivity contribution in [1.29, 1.82) is 0 Å². The van der Waals surface area contributed by atoms with E-state index in [1.807, 2.05) is 0 Å². The zero-order valence-corrected chi connectivity index (χ0v) is 16.8. The topological polar surface area (TPSA) is 65.0 Å². The molecule has 1 heterocycles. The molecule has 0 aromatic rings. The van der Waals surface area contributed by atoms with E-state index in [4.69, 9.17) is 13.9 Å². The summed E-state index contributed by atoms with van der Waals surface area (Å²) in [7, 11) is -1.84. The number of fused-ring (bicyclic) bond motifs is 1. The molecule has 0 aromatic heterocycles. The number of hydrogen-bond donors (Lipinski definition) is 1. The average Bonchev–Trinajstić information content (AvgIpc) is 2.92. The van der Waals surface area contributed by atoms with E-state index in [1.165, 1.54) is 6.08 Å². The molecule has 0 bridgehead atoms. The van der Waals surface area contributed by atoms with Crippen molar-refractivity contribution >= 4 is 14.3 Å². The van der Waals surface area contributed by atoms with E-state index in [0.29, 0.717) is 31.8 Å². The van der Waals surface area contributed by atoms with Gasteiger partial charge in [0.25, 0.3) is 0 Å². The number of esters is 1. The van der Waals surface area contributed by atoms with Crippen LogP contribution in [0.15, 0.2) is 11.8 Å². The van der Waals surface area contributed by atoms with Crippen LogP contribution in [0.4, 0.5) is 0 Å². The first-order chi connectivity index (χ1) is 11.0. The number of hydrogen-bond acceptors (Lipinski definition) is 5. The lowest BCUT2D eigenvalue weighted by Gasteiger charge is -2.37. The maximum Gasteiger partial charge on any atom is 0.334 e. The molecule has 138 valence electrons. The highest BCUT2D eigenvalue weighted by Crippen LogP contribution is 2.46. The summed E-state index contributed by atoms with van der Waals surface area (Å²) in [6.07, 6.45) is 2.31. The van der Waals surface area contributed by atoms with E-state index in [0.717, 1.165) is 0 Å². The van der Waals surface area contributed by atoms with Gasteiger partial charge in [0.2, 0.25) is 0 Å². The Kier molecular flexibility index (Phi) is 5.82. The third-order valence-electron chi connectivity index (χ3n) is 5.74. The molecule has 2 fully saturated rings. The van der Waals surface area contributed by atoms with Crippen molar-refractivity contribution in [2.75, 3.05) is 13.2 Å². The van der Waals surface area contributed by atoms with Crippen LogP contribution in [-0.2, 0) is 18.7 Å². The minimum Gasteiger partial charge on any atom is -0.494 e. The standard InChI is InChI=1S/C18H32O5Si/c1-7-21-17(20)9-12-8-13-14(15(19)10-16(13)23-12)11-22-24(5,6)18(2,3)4/h9,13-16,19H,7-8,10-11H2,1-6H3/b12-9+/t13-,14-,15-,16+/m1/s1. The van der Waals surface area contributed by atoms with Gasteiger partial charge in [0, 0.05) is 31.3 Å². The Labute approximate surface area is 146 Å². The second kappa shape index (κ2) is 7.18. The molecule has 0 spiro atoms. The van der Waals surface area contributed by atoms with Crippen LogP contribution in [-0.4, -0.2) is 44.8 Å². The Morgan fingerprint density at radius 2 is 2.08 bits per heavy atom. The number of carbonyl (C=O) groups is 1. The van der Waals surface area contributed by atoms with Crippen molar-refractivity contribution in [2.24, 2.45) is 11.8 Å². The molecule has 1 aliphatic heterocycles. The van der Waals surface area contributed by atoms with Gasteiger partial charge in [0.15, 0.2) is 8.32 Å². The molecule has 6 heteroatoms. The van der Waals surface area contributed by atoms with Crippen LogP contribution in [0.5, 0.6) is 0 Å². The van der Waals surface area contributed by atoms with Crippen LogP contribution < -0.4 is 0 Å². The first-order valence-electron chi connectivity index (χ1n) is 8.91. The van der Waals surface area contributed by atoms with Gasteiger partial charge in [-0.2, -0.15) is 0 Å². The summed E-state index contributed by atoms with van der Waals surface area (Å²) in [6, 6.07) is 0. The first-order valence-corrected chi connectivity index (χ1v) is 11.8. The van der Waals surface area contributed by atoms with Gasteiger partial charge in [0.05, 0.1) is 18.8 Å². The summed E-state index contributed by atoms with van der Waals surface area (Å²) in [4.78, 5) is 11.6. The third kappa shape index (κ3) is 4.21. The molecule has 2 aliphatic rings. The SMILES string of the molecule is CCOC(=O)/C=C1\C[C@@H]2[C@@H](CO[Si](C)(C)C(C)(C)C)[C@H](O)C[C@@H]2O1. The Balaban J connectivity index is 1.99. The maximum atomic E-state index is 11.6. The molecule has 24 heavy (non-hydrogen) atoms. The predicted octanol–water partition coefficient (Wildman–Crippen LogP) is 3.24. The van der Waals surface area contributed by atoms with Gasteiger partial charge in [0.1, 0.15) is 11.9 Å². The summed E-state index contributed by atoms with van der Waals surface area (Å²) < 4.78 is 17.1. The normalized spacial score (nSPS) is 31.9. The van der Waals surface area contributed by atoms with Crippen molar-refractivity contribution in [3.63, 3.8) is 0 Å². The van der Waals surface area contributed by atoms with Crippen molar-refractivity contribution < 1.29 is 23.8 Å². The fourth-order valence-electron chi connectivity index (χ4n) is 3.21.